The van der Waals surface area contributed by atoms with Gasteiger partial charge in [0, 0.05) is 13.7 Å². The van der Waals surface area contributed by atoms with Crippen molar-refractivity contribution < 1.29 is 14.6 Å². The molecule has 1 rings (SSSR count). The van der Waals surface area contributed by atoms with Gasteiger partial charge in [0.2, 0.25) is 5.82 Å². The molecule has 15 heavy (non-hydrogen) atoms. The Morgan fingerprint density at radius 1 is 1.80 bits per heavy atom. The van der Waals surface area contributed by atoms with Crippen LogP contribution in [0, 0.1) is 0 Å². The Kier molecular flexibility index (Phi) is 4.72. The van der Waals surface area contributed by atoms with Crippen molar-refractivity contribution in [1.82, 2.24) is 20.5 Å². The van der Waals surface area contributed by atoms with Gasteiger partial charge in [-0.25, -0.2) is 4.98 Å². The second-order valence-electron chi connectivity index (χ2n) is 2.99. The average molecular weight is 214 g/mol. The highest BCUT2D eigenvalue weighted by atomic mass is 16.5. The molecule has 1 aromatic heterocycles. The number of carbonyl (C=O) groups is 1. The fourth-order valence-corrected chi connectivity index (χ4v) is 1.03. The minimum absolute atomic E-state index is 0.163. The highest BCUT2D eigenvalue weighted by molar-refractivity contribution is 5.90. The molecule has 0 aliphatic rings. The van der Waals surface area contributed by atoms with Gasteiger partial charge >= 0.3 is 0 Å². The smallest absolute Gasteiger partial charge is 0.288 e. The lowest BCUT2D eigenvalue weighted by Gasteiger charge is -2.08. The summed E-state index contributed by atoms with van der Waals surface area (Å²) in [6.45, 7) is 0.627. The number of nitrogens with zero attached hydrogens (tertiary/aromatic N) is 2. The summed E-state index contributed by atoms with van der Waals surface area (Å²) in [7, 11) is 1.51. The third kappa shape index (κ3) is 4.05. The molecular formula is C8H14N4O3. The van der Waals surface area contributed by atoms with E-state index in [9.17, 15) is 9.90 Å². The first-order chi connectivity index (χ1) is 7.24. The Morgan fingerprint density at radius 2 is 2.60 bits per heavy atom. The van der Waals surface area contributed by atoms with Crippen LogP contribution >= 0.6 is 0 Å². The third-order valence-corrected chi connectivity index (χ3v) is 1.75. The van der Waals surface area contributed by atoms with Crippen LogP contribution in [0.3, 0.4) is 0 Å². The quantitative estimate of drug-likeness (QED) is 0.560. The van der Waals surface area contributed by atoms with Crippen molar-refractivity contribution in [3.63, 3.8) is 0 Å². The van der Waals surface area contributed by atoms with Crippen LogP contribution in [0.4, 0.5) is 0 Å². The molecule has 0 aliphatic carbocycles. The monoisotopic (exact) mass is 214 g/mol. The van der Waals surface area contributed by atoms with Crippen LogP contribution in [0.25, 0.3) is 0 Å². The van der Waals surface area contributed by atoms with Gasteiger partial charge in [-0.2, -0.15) is 5.10 Å². The number of rotatable bonds is 6. The van der Waals surface area contributed by atoms with Crippen molar-refractivity contribution in [2.24, 2.45) is 0 Å². The highest BCUT2D eigenvalue weighted by Crippen LogP contribution is 1.91. The molecular weight excluding hydrogens is 200 g/mol. The van der Waals surface area contributed by atoms with Gasteiger partial charge in [0.1, 0.15) is 6.33 Å². The van der Waals surface area contributed by atoms with Crippen molar-refractivity contribution in [2.75, 3.05) is 20.3 Å². The van der Waals surface area contributed by atoms with Gasteiger partial charge in [0.05, 0.1) is 12.7 Å². The lowest BCUT2D eigenvalue weighted by atomic mass is 10.2. The van der Waals surface area contributed by atoms with Crippen LogP contribution in [-0.2, 0) is 4.74 Å². The highest BCUT2D eigenvalue weighted by Gasteiger charge is 2.08. The van der Waals surface area contributed by atoms with E-state index in [0.29, 0.717) is 13.0 Å². The van der Waals surface area contributed by atoms with Crippen LogP contribution in [0.15, 0.2) is 6.33 Å². The maximum Gasteiger partial charge on any atom is 0.288 e. The van der Waals surface area contributed by atoms with Gasteiger partial charge in [-0.05, 0) is 6.42 Å². The summed E-state index contributed by atoms with van der Waals surface area (Å²) in [4.78, 5) is 15.0. The van der Waals surface area contributed by atoms with Crippen LogP contribution in [-0.4, -0.2) is 52.6 Å². The van der Waals surface area contributed by atoms with Gasteiger partial charge in [0.15, 0.2) is 0 Å². The second kappa shape index (κ2) is 6.10. The maximum absolute atomic E-state index is 11.3. The van der Waals surface area contributed by atoms with Gasteiger partial charge in [-0.15, -0.1) is 0 Å². The minimum Gasteiger partial charge on any atom is -0.391 e. The Hall–Kier alpha value is -1.47. The van der Waals surface area contributed by atoms with Crippen LogP contribution < -0.4 is 5.32 Å². The Balaban J connectivity index is 2.18. The average Bonchev–Trinajstić information content (AvgIpc) is 2.70. The molecule has 0 radical (unpaired) electrons. The molecule has 0 fully saturated rings. The molecule has 7 heteroatoms. The van der Waals surface area contributed by atoms with Gasteiger partial charge in [-0.3, -0.25) is 9.89 Å². The fourth-order valence-electron chi connectivity index (χ4n) is 1.03. The molecule has 0 aliphatic heterocycles. The summed E-state index contributed by atoms with van der Waals surface area (Å²) in [5, 5.41) is 17.9. The van der Waals surface area contributed by atoms with E-state index in [2.05, 4.69) is 20.5 Å². The Bertz CT molecular complexity index is 288. The zero-order chi connectivity index (χ0) is 11.1. The molecule has 1 heterocycles. The molecule has 0 aromatic carbocycles. The first-order valence-corrected chi connectivity index (χ1v) is 4.54. The summed E-state index contributed by atoms with van der Waals surface area (Å²) in [5.41, 5.74) is 0. The van der Waals surface area contributed by atoms with E-state index in [1.54, 1.807) is 0 Å². The third-order valence-electron chi connectivity index (χ3n) is 1.75. The normalized spacial score (nSPS) is 12.4. The molecule has 1 aromatic rings. The van der Waals surface area contributed by atoms with E-state index in [4.69, 9.17) is 4.74 Å². The topological polar surface area (TPSA) is 100 Å². The van der Waals surface area contributed by atoms with Crippen molar-refractivity contribution in [3.05, 3.63) is 12.2 Å². The first-order valence-electron chi connectivity index (χ1n) is 4.54. The number of H-pyrrole nitrogens is 1. The number of aromatic amines is 1. The van der Waals surface area contributed by atoms with Crippen LogP contribution in [0.1, 0.15) is 17.0 Å². The van der Waals surface area contributed by atoms with E-state index in [1.165, 1.54) is 13.4 Å². The molecule has 84 valence electrons. The van der Waals surface area contributed by atoms with E-state index in [0.717, 1.165) is 0 Å². The number of methoxy groups -OCH3 is 1. The molecule has 1 amide bonds. The predicted molar refractivity (Wildman–Crippen MR) is 51.2 cm³/mol. The standard InChI is InChI=1S/C8H14N4O3/c1-15-4-6(13)2-3-9-8(14)7-10-5-11-12-7/h5-6,13H,2-4H2,1H3,(H,9,14)(H,10,11,12). The molecule has 0 spiro atoms. The number of aliphatic hydroxyl groups is 1. The maximum atomic E-state index is 11.3. The Labute approximate surface area is 86.9 Å². The zero-order valence-electron chi connectivity index (χ0n) is 8.43. The number of nitrogens with one attached hydrogen (secondary N) is 2. The predicted octanol–water partition coefficient (Wildman–Crippen LogP) is -1.07. The molecule has 1 atom stereocenters. The number of carbonyl (C=O) groups excluding carboxylic acids is 1. The molecule has 3 N–H and O–H groups in total. The van der Waals surface area contributed by atoms with E-state index in [1.807, 2.05) is 0 Å². The van der Waals surface area contributed by atoms with Crippen molar-refractivity contribution in [1.29, 1.82) is 0 Å². The van der Waals surface area contributed by atoms with E-state index in [-0.39, 0.29) is 18.3 Å². The molecule has 1 unspecified atom stereocenters. The lowest BCUT2D eigenvalue weighted by molar-refractivity contribution is 0.0587. The van der Waals surface area contributed by atoms with Crippen molar-refractivity contribution in [2.45, 2.75) is 12.5 Å². The van der Waals surface area contributed by atoms with Crippen LogP contribution in [0.5, 0.6) is 0 Å². The molecule has 0 saturated heterocycles. The molecule has 0 saturated carbocycles. The fraction of sp³-hybridized carbons (Fsp3) is 0.625. The van der Waals surface area contributed by atoms with Crippen molar-refractivity contribution >= 4 is 5.91 Å². The lowest BCUT2D eigenvalue weighted by Crippen LogP contribution is -2.29. The van der Waals surface area contributed by atoms with E-state index < -0.39 is 6.10 Å². The first kappa shape index (κ1) is 11.6. The van der Waals surface area contributed by atoms with Crippen LogP contribution in [0.2, 0.25) is 0 Å². The summed E-state index contributed by atoms with van der Waals surface area (Å²) in [5.74, 6) is -0.173. The van der Waals surface area contributed by atoms with E-state index >= 15 is 0 Å². The number of aliphatic hydroxyl groups excluding tert-OH is 1. The number of hydrogen-bond acceptors (Lipinski definition) is 5. The van der Waals surface area contributed by atoms with Gasteiger partial charge in [0.25, 0.3) is 5.91 Å². The number of hydrogen-bond donors (Lipinski definition) is 3. The Morgan fingerprint density at radius 3 is 3.20 bits per heavy atom. The summed E-state index contributed by atoms with van der Waals surface area (Å²) in [6.07, 6.45) is 1.13. The number of amides is 1. The summed E-state index contributed by atoms with van der Waals surface area (Å²) < 4.78 is 4.74. The zero-order valence-corrected chi connectivity index (χ0v) is 8.43. The van der Waals surface area contributed by atoms with Gasteiger partial charge < -0.3 is 15.2 Å². The van der Waals surface area contributed by atoms with Gasteiger partial charge in [-0.1, -0.05) is 0 Å². The largest absolute Gasteiger partial charge is 0.391 e. The number of aromatic nitrogens is 3. The molecule has 7 nitrogen and oxygen atoms in total. The minimum atomic E-state index is -0.565. The van der Waals surface area contributed by atoms with Crippen molar-refractivity contribution in [3.8, 4) is 0 Å². The SMILES string of the molecule is COCC(O)CCNC(=O)c1ncn[nH]1. The molecule has 0 bridgehead atoms. The second-order valence-corrected chi connectivity index (χ2v) is 2.99. The summed E-state index contributed by atoms with van der Waals surface area (Å²) >= 11 is 0. The number of ether oxygens (including phenoxy) is 1. The summed E-state index contributed by atoms with van der Waals surface area (Å²) in [6, 6.07) is 0.